The molecule has 1 atom stereocenters. The average molecular weight is 384 g/mol. The highest BCUT2D eigenvalue weighted by atomic mass is 16.4. The predicted molar refractivity (Wildman–Crippen MR) is 97.6 cm³/mol. The normalized spacial score (nSPS) is 17.2. The number of rotatable bonds is 4. The molecule has 10 heteroatoms. The molecule has 1 saturated heterocycles. The van der Waals surface area contributed by atoms with Gasteiger partial charge in [0, 0.05) is 45.4 Å². The van der Waals surface area contributed by atoms with Gasteiger partial charge in [-0.25, -0.2) is 15.0 Å². The van der Waals surface area contributed by atoms with Crippen molar-refractivity contribution in [3.05, 3.63) is 40.8 Å². The van der Waals surface area contributed by atoms with Crippen molar-refractivity contribution in [1.82, 2.24) is 29.0 Å². The van der Waals surface area contributed by atoms with E-state index in [1.165, 1.54) is 10.9 Å². The molecule has 1 aliphatic rings. The molecule has 0 spiro atoms. The first-order valence-corrected chi connectivity index (χ1v) is 9.06. The second kappa shape index (κ2) is 7.02. The van der Waals surface area contributed by atoms with Gasteiger partial charge in [-0.2, -0.15) is 0 Å². The quantitative estimate of drug-likeness (QED) is 0.603. The first-order valence-electron chi connectivity index (χ1n) is 9.06. The minimum atomic E-state index is -0.423. The SMILES string of the molecule is Cc1nc2c(=O)n(CC(=O)N3CCCC(C(=O)c4nccn4C)C3)cnc2o1. The summed E-state index contributed by atoms with van der Waals surface area (Å²) in [5, 5.41) is 0. The first kappa shape index (κ1) is 18.1. The van der Waals surface area contributed by atoms with Crippen LogP contribution in [-0.4, -0.2) is 53.8 Å². The van der Waals surface area contributed by atoms with Gasteiger partial charge in [0.25, 0.3) is 11.3 Å². The van der Waals surface area contributed by atoms with Crippen molar-refractivity contribution in [2.75, 3.05) is 13.1 Å². The lowest BCUT2D eigenvalue weighted by molar-refractivity contribution is -0.133. The standard InChI is InChI=1S/C18H20N6O4/c1-11-21-14-17(28-11)20-10-24(18(14)27)9-13(25)23-6-3-4-12(8-23)15(26)16-19-5-7-22(16)2/h5,7,10,12H,3-4,6,8-9H2,1-2H3. The summed E-state index contributed by atoms with van der Waals surface area (Å²) < 4.78 is 8.14. The number of aromatic nitrogens is 5. The zero-order valence-corrected chi connectivity index (χ0v) is 15.7. The van der Waals surface area contributed by atoms with Gasteiger partial charge in [0.05, 0.1) is 0 Å². The van der Waals surface area contributed by atoms with E-state index in [2.05, 4.69) is 15.0 Å². The molecule has 0 bridgehead atoms. The Morgan fingerprint density at radius 3 is 2.89 bits per heavy atom. The van der Waals surface area contributed by atoms with E-state index >= 15 is 0 Å². The lowest BCUT2D eigenvalue weighted by Crippen LogP contribution is -2.44. The Hall–Kier alpha value is -3.30. The van der Waals surface area contributed by atoms with Crippen LogP contribution in [0.15, 0.2) is 27.9 Å². The van der Waals surface area contributed by atoms with E-state index in [1.807, 2.05) is 0 Å². The van der Waals surface area contributed by atoms with Crippen molar-refractivity contribution in [2.24, 2.45) is 13.0 Å². The molecular weight excluding hydrogens is 364 g/mol. The Morgan fingerprint density at radius 2 is 2.14 bits per heavy atom. The highest BCUT2D eigenvalue weighted by Crippen LogP contribution is 2.20. The number of oxazole rings is 1. The molecular formula is C18H20N6O4. The van der Waals surface area contributed by atoms with Crippen molar-refractivity contribution in [3.8, 4) is 0 Å². The van der Waals surface area contributed by atoms with E-state index in [9.17, 15) is 14.4 Å². The summed E-state index contributed by atoms with van der Waals surface area (Å²) >= 11 is 0. The van der Waals surface area contributed by atoms with Crippen LogP contribution >= 0.6 is 0 Å². The van der Waals surface area contributed by atoms with E-state index < -0.39 is 5.56 Å². The molecule has 3 aromatic rings. The van der Waals surface area contributed by atoms with Crippen LogP contribution in [0.4, 0.5) is 0 Å². The highest BCUT2D eigenvalue weighted by Gasteiger charge is 2.31. The number of hydrogen-bond acceptors (Lipinski definition) is 7. The number of fused-ring (bicyclic) bond motifs is 1. The molecule has 3 aromatic heterocycles. The molecule has 4 heterocycles. The molecule has 10 nitrogen and oxygen atoms in total. The number of amides is 1. The number of likely N-dealkylation sites (tertiary alicyclic amines) is 1. The predicted octanol–water partition coefficient (Wildman–Crippen LogP) is 0.548. The summed E-state index contributed by atoms with van der Waals surface area (Å²) in [6.45, 7) is 2.34. The third-order valence-corrected chi connectivity index (χ3v) is 4.99. The number of imidazole rings is 1. The number of nitrogens with zero attached hydrogens (tertiary/aromatic N) is 6. The Balaban J connectivity index is 1.49. The number of hydrogen-bond donors (Lipinski definition) is 0. The maximum atomic E-state index is 12.7. The fourth-order valence-electron chi connectivity index (χ4n) is 3.52. The van der Waals surface area contributed by atoms with Crippen LogP contribution in [0, 0.1) is 12.8 Å². The minimum absolute atomic E-state index is 0.0664. The van der Waals surface area contributed by atoms with Crippen molar-refractivity contribution in [1.29, 1.82) is 0 Å². The Morgan fingerprint density at radius 1 is 1.32 bits per heavy atom. The molecule has 0 N–H and O–H groups in total. The van der Waals surface area contributed by atoms with Gasteiger partial charge in [-0.1, -0.05) is 0 Å². The van der Waals surface area contributed by atoms with Gasteiger partial charge < -0.3 is 13.9 Å². The molecule has 28 heavy (non-hydrogen) atoms. The zero-order valence-electron chi connectivity index (χ0n) is 15.7. The molecule has 1 amide bonds. The number of Topliss-reactive ketones (excluding diaryl/α,β-unsaturated/α-hetero) is 1. The van der Waals surface area contributed by atoms with E-state index in [0.717, 1.165) is 6.42 Å². The largest absolute Gasteiger partial charge is 0.422 e. The van der Waals surface area contributed by atoms with Gasteiger partial charge >= 0.3 is 0 Å². The number of aryl methyl sites for hydroxylation is 2. The molecule has 146 valence electrons. The molecule has 4 rings (SSSR count). The minimum Gasteiger partial charge on any atom is -0.422 e. The Kier molecular flexibility index (Phi) is 4.54. The van der Waals surface area contributed by atoms with Crippen LogP contribution < -0.4 is 5.56 Å². The van der Waals surface area contributed by atoms with Gasteiger partial charge in [0.2, 0.25) is 11.7 Å². The van der Waals surface area contributed by atoms with Gasteiger partial charge in [-0.05, 0) is 12.8 Å². The highest BCUT2D eigenvalue weighted by molar-refractivity contribution is 5.95. The van der Waals surface area contributed by atoms with Gasteiger partial charge in [0.15, 0.2) is 17.2 Å². The van der Waals surface area contributed by atoms with Crippen molar-refractivity contribution >= 4 is 22.9 Å². The van der Waals surface area contributed by atoms with Gasteiger partial charge in [0.1, 0.15) is 12.9 Å². The summed E-state index contributed by atoms with van der Waals surface area (Å²) in [5.74, 6) is 0.139. The van der Waals surface area contributed by atoms with Crippen LogP contribution in [-0.2, 0) is 18.4 Å². The van der Waals surface area contributed by atoms with Crippen LogP contribution in [0.25, 0.3) is 11.2 Å². The van der Waals surface area contributed by atoms with Crippen molar-refractivity contribution in [2.45, 2.75) is 26.3 Å². The lowest BCUT2D eigenvalue weighted by atomic mass is 9.93. The molecule has 1 aliphatic heterocycles. The number of carbonyl (C=O) groups excluding carboxylic acids is 2. The number of piperidine rings is 1. The maximum absolute atomic E-state index is 12.7. The third kappa shape index (κ3) is 3.21. The van der Waals surface area contributed by atoms with E-state index in [-0.39, 0.29) is 35.4 Å². The second-order valence-corrected chi connectivity index (χ2v) is 6.97. The summed E-state index contributed by atoms with van der Waals surface area (Å²) in [5.41, 5.74) is -0.160. The first-order chi connectivity index (χ1) is 13.4. The van der Waals surface area contributed by atoms with E-state index in [0.29, 0.717) is 31.2 Å². The smallest absolute Gasteiger partial charge is 0.283 e. The summed E-state index contributed by atoms with van der Waals surface area (Å²) in [4.78, 5) is 51.7. The zero-order chi connectivity index (χ0) is 19.8. The van der Waals surface area contributed by atoms with Crippen LogP contribution in [0.5, 0.6) is 0 Å². The molecule has 0 saturated carbocycles. The maximum Gasteiger partial charge on any atom is 0.283 e. The number of carbonyl (C=O) groups is 2. The topological polar surface area (TPSA) is 116 Å². The Labute approximate surface area is 159 Å². The monoisotopic (exact) mass is 384 g/mol. The van der Waals surface area contributed by atoms with Gasteiger partial charge in [-0.3, -0.25) is 19.0 Å². The van der Waals surface area contributed by atoms with Crippen LogP contribution in [0.3, 0.4) is 0 Å². The number of ketones is 1. The third-order valence-electron chi connectivity index (χ3n) is 4.99. The molecule has 1 fully saturated rings. The molecule has 0 radical (unpaired) electrons. The summed E-state index contributed by atoms with van der Waals surface area (Å²) in [6.07, 6.45) is 6.02. The second-order valence-electron chi connectivity index (χ2n) is 6.97. The summed E-state index contributed by atoms with van der Waals surface area (Å²) in [6, 6.07) is 0. The van der Waals surface area contributed by atoms with Crippen LogP contribution in [0.1, 0.15) is 29.4 Å². The molecule has 0 aromatic carbocycles. The Bertz CT molecular complexity index is 1110. The van der Waals surface area contributed by atoms with Crippen molar-refractivity contribution < 1.29 is 14.0 Å². The molecule has 0 aliphatic carbocycles. The fraction of sp³-hybridized carbons (Fsp3) is 0.444. The lowest BCUT2D eigenvalue weighted by Gasteiger charge is -2.32. The molecule has 1 unspecified atom stereocenters. The van der Waals surface area contributed by atoms with Crippen LogP contribution in [0.2, 0.25) is 0 Å². The van der Waals surface area contributed by atoms with Gasteiger partial charge in [-0.15, -0.1) is 0 Å². The fourth-order valence-corrected chi connectivity index (χ4v) is 3.52. The van der Waals surface area contributed by atoms with E-state index in [1.54, 1.807) is 35.8 Å². The summed E-state index contributed by atoms with van der Waals surface area (Å²) in [7, 11) is 1.77. The van der Waals surface area contributed by atoms with Crippen molar-refractivity contribution in [3.63, 3.8) is 0 Å². The van der Waals surface area contributed by atoms with E-state index in [4.69, 9.17) is 4.42 Å². The average Bonchev–Trinajstić information content (AvgIpc) is 3.29.